The lowest BCUT2D eigenvalue weighted by molar-refractivity contribution is -0.121. The minimum Gasteiger partial charge on any atom is -0.504 e. The number of hydrogen-bond donors (Lipinski definition) is 1. The summed E-state index contributed by atoms with van der Waals surface area (Å²) in [5.41, 5.74) is 1.10. The highest BCUT2D eigenvalue weighted by atomic mass is 28.3. The Morgan fingerprint density at radius 3 is 2.00 bits per heavy atom. The van der Waals surface area contributed by atoms with Crippen molar-refractivity contribution in [2.75, 3.05) is 13.3 Å². The van der Waals surface area contributed by atoms with Crippen LogP contribution in [-0.2, 0) is 9.59 Å². The van der Waals surface area contributed by atoms with E-state index >= 15 is 0 Å². The van der Waals surface area contributed by atoms with E-state index in [9.17, 15) is 14.7 Å². The van der Waals surface area contributed by atoms with Crippen LogP contribution in [0.4, 0.5) is 0 Å². The Balaban J connectivity index is 2.05. The van der Waals surface area contributed by atoms with Gasteiger partial charge in [-0.2, -0.15) is 0 Å². The molecule has 0 aliphatic heterocycles. The van der Waals surface area contributed by atoms with Crippen LogP contribution in [0.15, 0.2) is 48.6 Å². The average molecular weight is 482 g/mol. The number of carbonyl (C=O) groups is 2. The first-order valence-electron chi connectivity index (χ1n) is 11.0. The maximum absolute atomic E-state index is 12.3. The molecule has 0 amide bonds. The summed E-state index contributed by atoms with van der Waals surface area (Å²) in [6, 6.07) is 10.3. The van der Waals surface area contributed by atoms with Crippen molar-refractivity contribution in [3.05, 3.63) is 59.7 Å². The highest BCUT2D eigenvalue weighted by Crippen LogP contribution is 2.32. The molecule has 1 radical (unpaired) electrons. The van der Waals surface area contributed by atoms with Gasteiger partial charge in [0, 0.05) is 0 Å². The fourth-order valence-corrected chi connectivity index (χ4v) is 3.29. The second kappa shape index (κ2) is 12.2. The molecule has 0 aliphatic carbocycles. The molecular formula is C27H33O6Si. The fourth-order valence-electron chi connectivity index (χ4n) is 2.84. The number of carbonyl (C=O) groups excluding carboxylic acids is 2. The number of allylic oxidation sites excluding steroid dienone is 2. The van der Waals surface area contributed by atoms with E-state index in [4.69, 9.17) is 14.2 Å². The van der Waals surface area contributed by atoms with E-state index in [2.05, 4.69) is 13.1 Å². The van der Waals surface area contributed by atoms with E-state index < -0.39 is 8.80 Å². The van der Waals surface area contributed by atoms with E-state index in [-0.39, 0.29) is 29.3 Å². The van der Waals surface area contributed by atoms with Crippen molar-refractivity contribution in [2.45, 2.75) is 45.9 Å². The molecule has 0 saturated carbocycles. The monoisotopic (exact) mass is 481 g/mol. The molecule has 0 fully saturated rings. The van der Waals surface area contributed by atoms with Crippen molar-refractivity contribution in [1.29, 1.82) is 0 Å². The van der Waals surface area contributed by atoms with Gasteiger partial charge < -0.3 is 19.3 Å². The standard InChI is InChI=1S/C27H33O6Si/c1-27(2,3)33-24-14-10-20(16-26(24)32-18-34(5)6)8-12-22(29)17-21(28)11-7-19-9-13-23(30)25(15-19)31-4/h7-16,30H,17-18H2,1-6H3. The van der Waals surface area contributed by atoms with Crippen molar-refractivity contribution in [3.63, 3.8) is 0 Å². The second-order valence-electron chi connectivity index (χ2n) is 9.12. The molecule has 1 N–H and O–H groups in total. The Hall–Kier alpha value is -3.32. The van der Waals surface area contributed by atoms with Gasteiger partial charge in [-0.25, -0.2) is 0 Å². The quantitative estimate of drug-likeness (QED) is 0.259. The maximum Gasteiger partial charge on any atom is 0.163 e. The Morgan fingerprint density at radius 2 is 1.47 bits per heavy atom. The van der Waals surface area contributed by atoms with Crippen molar-refractivity contribution < 1.29 is 28.9 Å². The van der Waals surface area contributed by atoms with E-state index in [0.29, 0.717) is 29.0 Å². The zero-order valence-electron chi connectivity index (χ0n) is 20.7. The number of rotatable bonds is 11. The van der Waals surface area contributed by atoms with Crippen LogP contribution in [0.3, 0.4) is 0 Å². The number of phenolic OH excluding ortho intramolecular Hbond substituents is 1. The molecule has 181 valence electrons. The zero-order valence-corrected chi connectivity index (χ0v) is 21.7. The zero-order chi connectivity index (χ0) is 25.3. The van der Waals surface area contributed by atoms with Gasteiger partial charge in [0.15, 0.2) is 34.6 Å². The Morgan fingerprint density at radius 1 is 0.912 bits per heavy atom. The first-order chi connectivity index (χ1) is 16.0. The highest BCUT2D eigenvalue weighted by Gasteiger charge is 2.16. The third-order valence-electron chi connectivity index (χ3n) is 4.38. The largest absolute Gasteiger partial charge is 0.504 e. The molecule has 0 spiro atoms. The van der Waals surface area contributed by atoms with Crippen LogP contribution < -0.4 is 14.2 Å². The first-order valence-corrected chi connectivity index (χ1v) is 13.7. The Labute approximate surface area is 203 Å². The molecule has 0 unspecified atom stereocenters. The van der Waals surface area contributed by atoms with Gasteiger partial charge in [0.2, 0.25) is 0 Å². The molecule has 0 saturated heterocycles. The predicted molar refractivity (Wildman–Crippen MR) is 137 cm³/mol. The number of aromatic hydroxyl groups is 1. The molecule has 2 aromatic carbocycles. The van der Waals surface area contributed by atoms with E-state index in [1.807, 2.05) is 39.0 Å². The molecule has 0 heterocycles. The van der Waals surface area contributed by atoms with Gasteiger partial charge in [0.1, 0.15) is 5.60 Å². The van der Waals surface area contributed by atoms with Gasteiger partial charge >= 0.3 is 0 Å². The number of ketones is 2. The maximum atomic E-state index is 12.3. The van der Waals surface area contributed by atoms with Gasteiger partial charge in [-0.3, -0.25) is 9.59 Å². The van der Waals surface area contributed by atoms with E-state index in [1.54, 1.807) is 24.3 Å². The average Bonchev–Trinajstić information content (AvgIpc) is 2.75. The third-order valence-corrected chi connectivity index (χ3v) is 5.10. The van der Waals surface area contributed by atoms with Crippen LogP contribution in [0.25, 0.3) is 12.2 Å². The number of benzene rings is 2. The second-order valence-corrected chi connectivity index (χ2v) is 11.8. The number of ether oxygens (including phenoxy) is 3. The summed E-state index contributed by atoms with van der Waals surface area (Å²) in [4.78, 5) is 24.5. The number of phenols is 1. The molecular weight excluding hydrogens is 448 g/mol. The summed E-state index contributed by atoms with van der Waals surface area (Å²) in [5.74, 6) is 1.00. The highest BCUT2D eigenvalue weighted by molar-refractivity contribution is 6.55. The molecule has 0 bridgehead atoms. The SMILES string of the molecule is COc1cc(C=CC(=O)CC(=O)C=Cc2ccc(OC(C)(C)C)c(OC[Si](C)C)c2)ccc1O. The third kappa shape index (κ3) is 9.27. The summed E-state index contributed by atoms with van der Waals surface area (Å²) in [5, 5.41) is 9.64. The van der Waals surface area contributed by atoms with Gasteiger partial charge in [-0.1, -0.05) is 37.4 Å². The summed E-state index contributed by atoms with van der Waals surface area (Å²) in [6.07, 6.45) is 6.39. The van der Waals surface area contributed by atoms with Crippen molar-refractivity contribution in [1.82, 2.24) is 0 Å². The van der Waals surface area contributed by atoms with Gasteiger partial charge in [-0.15, -0.1) is 0 Å². The van der Waals surface area contributed by atoms with Crippen LogP contribution >= 0.6 is 0 Å². The molecule has 7 heteroatoms. The molecule has 6 nitrogen and oxygen atoms in total. The summed E-state index contributed by atoms with van der Waals surface area (Å²) >= 11 is 0. The molecule has 2 rings (SSSR count). The Kier molecular flexibility index (Phi) is 9.68. The van der Waals surface area contributed by atoms with Crippen LogP contribution in [-0.4, -0.2) is 44.4 Å². The molecule has 2 aromatic rings. The van der Waals surface area contributed by atoms with Crippen LogP contribution in [0.1, 0.15) is 38.3 Å². The topological polar surface area (TPSA) is 82.1 Å². The molecule has 0 aromatic heterocycles. The van der Waals surface area contributed by atoms with Crippen molar-refractivity contribution >= 4 is 32.5 Å². The summed E-state index contributed by atoms with van der Waals surface area (Å²) in [7, 11) is 0.861. The van der Waals surface area contributed by atoms with Crippen LogP contribution in [0.5, 0.6) is 23.0 Å². The van der Waals surface area contributed by atoms with Crippen LogP contribution in [0, 0.1) is 0 Å². The lowest BCUT2D eigenvalue weighted by Crippen LogP contribution is -2.24. The van der Waals surface area contributed by atoms with Gasteiger partial charge in [0.05, 0.1) is 28.6 Å². The number of hydrogen-bond acceptors (Lipinski definition) is 6. The molecule has 0 aliphatic rings. The van der Waals surface area contributed by atoms with Crippen molar-refractivity contribution in [3.8, 4) is 23.0 Å². The van der Waals surface area contributed by atoms with Crippen molar-refractivity contribution in [2.24, 2.45) is 0 Å². The normalized spacial score (nSPS) is 11.9. The van der Waals surface area contributed by atoms with E-state index in [0.717, 1.165) is 5.56 Å². The minimum atomic E-state index is -0.588. The summed E-state index contributed by atoms with van der Waals surface area (Å²) < 4.78 is 17.0. The lowest BCUT2D eigenvalue weighted by atomic mass is 10.1. The smallest absolute Gasteiger partial charge is 0.163 e. The minimum absolute atomic E-state index is 0.0172. The van der Waals surface area contributed by atoms with Crippen LogP contribution in [0.2, 0.25) is 13.1 Å². The lowest BCUT2D eigenvalue weighted by Gasteiger charge is -2.23. The van der Waals surface area contributed by atoms with E-state index in [1.165, 1.54) is 25.3 Å². The number of methoxy groups -OCH3 is 1. The van der Waals surface area contributed by atoms with Gasteiger partial charge in [0.25, 0.3) is 0 Å². The fraction of sp³-hybridized carbons (Fsp3) is 0.333. The predicted octanol–water partition coefficient (Wildman–Crippen LogP) is 5.51. The first kappa shape index (κ1) is 26.9. The molecule has 34 heavy (non-hydrogen) atoms. The van der Waals surface area contributed by atoms with Gasteiger partial charge in [-0.05, 0) is 68.3 Å². The molecule has 0 atom stereocenters. The Bertz CT molecular complexity index is 1060. The summed E-state index contributed by atoms with van der Waals surface area (Å²) in [6.45, 7) is 10.3.